The Morgan fingerprint density at radius 1 is 1.14 bits per heavy atom. The Hall–Kier alpha value is -0.0900. The zero-order valence-corrected chi connectivity index (χ0v) is 16.9. The molecular weight excluding hydrogens is 342 g/mol. The number of piperidine rings is 1. The van der Waals surface area contributed by atoms with Crippen molar-refractivity contribution < 1.29 is 14.4 Å². The summed E-state index contributed by atoms with van der Waals surface area (Å²) in [5.41, 5.74) is 0. The molecule has 2 rings (SSSR count). The highest BCUT2D eigenvalue weighted by atomic mass is 79.9. The van der Waals surface area contributed by atoms with Gasteiger partial charge in [-0.25, -0.2) is 0 Å². The van der Waals surface area contributed by atoms with Gasteiger partial charge in [-0.2, -0.15) is 0 Å². The van der Waals surface area contributed by atoms with E-state index in [2.05, 4.69) is 14.0 Å². The van der Waals surface area contributed by atoms with Gasteiger partial charge < -0.3 is 14.4 Å². The molecule has 0 saturated carbocycles. The minimum Gasteiger partial charge on any atom is -0.550 e. The Morgan fingerprint density at radius 3 is 1.86 bits per heavy atom. The second-order valence-electron chi connectivity index (χ2n) is 7.47. The lowest BCUT2D eigenvalue weighted by Crippen LogP contribution is -2.55. The van der Waals surface area contributed by atoms with E-state index < -0.39 is 5.97 Å². The molecule has 132 valence electrons. The molecule has 2 bridgehead atoms. The number of carboxylic acids is 1. The van der Waals surface area contributed by atoms with Gasteiger partial charge in [-0.1, -0.05) is 27.2 Å². The van der Waals surface area contributed by atoms with Gasteiger partial charge in [-0.05, 0) is 44.4 Å². The van der Waals surface area contributed by atoms with Crippen molar-refractivity contribution in [3.63, 3.8) is 0 Å². The maximum absolute atomic E-state index is 10.2. The van der Waals surface area contributed by atoms with Crippen molar-refractivity contribution in [1.29, 1.82) is 0 Å². The van der Waals surface area contributed by atoms with Crippen LogP contribution in [-0.4, -0.2) is 36.1 Å². The second-order valence-corrected chi connectivity index (χ2v) is 7.47. The summed E-state index contributed by atoms with van der Waals surface area (Å²) in [7, 11) is 2.47. The Balaban J connectivity index is 0.000000387. The average molecular weight is 378 g/mol. The number of hydrogen-bond acceptors (Lipinski definition) is 2. The first kappa shape index (κ1) is 21.9. The molecule has 3 atom stereocenters. The number of rotatable bonds is 5. The van der Waals surface area contributed by atoms with E-state index in [0.717, 1.165) is 18.5 Å². The third-order valence-corrected chi connectivity index (χ3v) is 6.15. The van der Waals surface area contributed by atoms with E-state index in [4.69, 9.17) is 0 Å². The third-order valence-electron chi connectivity index (χ3n) is 6.15. The van der Waals surface area contributed by atoms with Crippen molar-refractivity contribution in [2.24, 2.45) is 11.8 Å². The van der Waals surface area contributed by atoms with Crippen molar-refractivity contribution in [3.05, 3.63) is 0 Å². The van der Waals surface area contributed by atoms with Gasteiger partial charge in [-0.3, -0.25) is 0 Å². The number of carbonyl (C=O) groups is 1. The lowest BCUT2D eigenvalue weighted by atomic mass is 9.90. The summed E-state index contributed by atoms with van der Waals surface area (Å²) >= 11 is 0. The molecule has 2 fully saturated rings. The average Bonchev–Trinajstić information content (AvgIpc) is 2.64. The van der Waals surface area contributed by atoms with Crippen LogP contribution in [0.1, 0.15) is 72.6 Å². The molecule has 2 heterocycles. The highest BCUT2D eigenvalue weighted by Gasteiger charge is 2.46. The number of halogens is 1. The fourth-order valence-electron chi connectivity index (χ4n) is 4.32. The van der Waals surface area contributed by atoms with Gasteiger partial charge in [0.15, 0.2) is 0 Å². The molecule has 0 aromatic carbocycles. The Bertz CT molecular complexity index is 317. The molecule has 2 saturated heterocycles. The quantitative estimate of drug-likeness (QED) is 0.687. The van der Waals surface area contributed by atoms with E-state index in [1.54, 1.807) is 0 Å². The monoisotopic (exact) mass is 377 g/mol. The fraction of sp³-hybridized carbons (Fsp3) is 0.944. The molecule has 0 aromatic rings. The molecule has 3 unspecified atom stereocenters. The summed E-state index contributed by atoms with van der Waals surface area (Å²) in [5.74, 6) is -0.201. The maximum atomic E-state index is 10.2. The van der Waals surface area contributed by atoms with Crippen LogP contribution in [0.25, 0.3) is 0 Å². The molecule has 0 amide bonds. The van der Waals surface area contributed by atoms with Crippen molar-refractivity contribution in [3.8, 4) is 0 Å². The van der Waals surface area contributed by atoms with Crippen LogP contribution in [0, 0.1) is 11.8 Å². The predicted molar refractivity (Wildman–Crippen MR) is 96.0 cm³/mol. The van der Waals surface area contributed by atoms with E-state index in [0.29, 0.717) is 5.92 Å². The zero-order chi connectivity index (χ0) is 16.0. The molecule has 2 aliphatic heterocycles. The Morgan fingerprint density at radius 2 is 1.64 bits per heavy atom. The zero-order valence-electron chi connectivity index (χ0n) is 15.1. The van der Waals surface area contributed by atoms with Crippen molar-refractivity contribution in [2.75, 3.05) is 13.6 Å². The number of hydrogen-bond donors (Lipinski definition) is 0. The van der Waals surface area contributed by atoms with E-state index in [1.165, 1.54) is 43.1 Å². The molecule has 22 heavy (non-hydrogen) atoms. The number of nitrogens with zero attached hydrogens (tertiary/aromatic N) is 1. The summed E-state index contributed by atoms with van der Waals surface area (Å²) in [6.45, 7) is 9.80. The first-order chi connectivity index (χ1) is 9.85. The van der Waals surface area contributed by atoms with Crippen molar-refractivity contribution in [2.45, 2.75) is 84.7 Å². The number of carboxylic acid groups (broad SMARTS) is 1. The van der Waals surface area contributed by atoms with Crippen LogP contribution in [0.15, 0.2) is 0 Å². The molecule has 0 radical (unpaired) electrons. The smallest absolute Gasteiger partial charge is 0.0892 e. The number of carbonyl (C=O) groups excluding carboxylic acids is 1. The van der Waals surface area contributed by atoms with Crippen LogP contribution in [0.2, 0.25) is 0 Å². The van der Waals surface area contributed by atoms with Crippen LogP contribution in [0.4, 0.5) is 0 Å². The van der Waals surface area contributed by atoms with Gasteiger partial charge in [0.2, 0.25) is 0 Å². The topological polar surface area (TPSA) is 40.1 Å². The highest BCUT2D eigenvalue weighted by Crippen LogP contribution is 2.40. The molecule has 3 nitrogen and oxygen atoms in total. The van der Waals surface area contributed by atoms with E-state index in [9.17, 15) is 9.90 Å². The molecule has 0 aliphatic carbocycles. The Kier molecular flexibility index (Phi) is 9.88. The van der Waals surface area contributed by atoms with E-state index in [-0.39, 0.29) is 29.3 Å². The normalized spacial score (nSPS) is 31.0. The Labute approximate surface area is 147 Å². The summed E-state index contributed by atoms with van der Waals surface area (Å²) < 4.78 is 1.40. The first-order valence-corrected chi connectivity index (χ1v) is 8.89. The number of aliphatic carboxylic acids is 1. The second kappa shape index (κ2) is 9.92. The molecule has 0 N–H and O–H groups in total. The molecule has 4 heteroatoms. The van der Waals surface area contributed by atoms with Gasteiger partial charge in [-0.15, -0.1) is 17.0 Å². The first-order valence-electron chi connectivity index (χ1n) is 8.89. The molecule has 0 aromatic heterocycles. The predicted octanol–water partition coefficient (Wildman–Crippen LogP) is 3.55. The van der Waals surface area contributed by atoms with Gasteiger partial charge in [0.05, 0.1) is 25.7 Å². The van der Waals surface area contributed by atoms with Crippen LogP contribution >= 0.6 is 17.0 Å². The lowest BCUT2D eigenvalue weighted by Gasteiger charge is -2.44. The van der Waals surface area contributed by atoms with Gasteiger partial charge in [0.1, 0.15) is 0 Å². The van der Waals surface area contributed by atoms with Crippen LogP contribution in [-0.2, 0) is 4.79 Å². The SMILES string of the molecule is Br.CCC(CC(=O)[O-])C(C)C.CC[N+]1(C)C2CCCC1CC2. The molecular formula is C18H36BrNO2. The van der Waals surface area contributed by atoms with E-state index >= 15 is 0 Å². The van der Waals surface area contributed by atoms with Crippen LogP contribution in [0.5, 0.6) is 0 Å². The third kappa shape index (κ3) is 5.52. The minimum absolute atomic E-state index is 0. The standard InChI is InChI=1S/C10H20N.C8H16O2.BrH/c1-3-11(2)9-5-4-6-10(11)8-7-9;1-4-7(6(2)3)5-8(9)10;/h9-10H,3-8H2,1-2H3;6-7H,4-5H2,1-3H3,(H,9,10);1H/q+1;;/p-1. The van der Waals surface area contributed by atoms with Gasteiger partial charge in [0, 0.05) is 18.8 Å². The highest BCUT2D eigenvalue weighted by molar-refractivity contribution is 8.93. The number of fused-ring (bicyclic) bond motifs is 2. The molecule has 2 aliphatic rings. The fourth-order valence-corrected chi connectivity index (χ4v) is 4.32. The summed E-state index contributed by atoms with van der Waals surface area (Å²) in [6, 6.07) is 2.05. The van der Waals surface area contributed by atoms with E-state index in [1.807, 2.05) is 20.8 Å². The van der Waals surface area contributed by atoms with Crippen LogP contribution in [0.3, 0.4) is 0 Å². The summed E-state index contributed by atoms with van der Waals surface area (Å²) in [4.78, 5) is 10.2. The maximum Gasteiger partial charge on any atom is 0.0892 e. The van der Waals surface area contributed by atoms with Crippen molar-refractivity contribution >= 4 is 23.0 Å². The lowest BCUT2D eigenvalue weighted by molar-refractivity contribution is -0.946. The van der Waals surface area contributed by atoms with Gasteiger partial charge in [0.25, 0.3) is 0 Å². The molecule has 0 spiro atoms. The van der Waals surface area contributed by atoms with Gasteiger partial charge >= 0.3 is 0 Å². The van der Waals surface area contributed by atoms with Crippen molar-refractivity contribution in [1.82, 2.24) is 0 Å². The van der Waals surface area contributed by atoms with Crippen LogP contribution < -0.4 is 5.11 Å². The summed E-state index contributed by atoms with van der Waals surface area (Å²) in [5, 5.41) is 10.2. The largest absolute Gasteiger partial charge is 0.550 e. The minimum atomic E-state index is -0.930. The summed E-state index contributed by atoms with van der Waals surface area (Å²) in [6.07, 6.45) is 8.65. The number of quaternary nitrogens is 1.